The Morgan fingerprint density at radius 1 is 1.03 bits per heavy atom. The summed E-state index contributed by atoms with van der Waals surface area (Å²) in [5.41, 5.74) is 0.883. The van der Waals surface area contributed by atoms with Crippen molar-refractivity contribution in [3.05, 3.63) is 58.1 Å². The molecule has 3 fully saturated rings. The Morgan fingerprint density at radius 3 is 2.34 bits per heavy atom. The number of ether oxygens (including phenoxy) is 2. The van der Waals surface area contributed by atoms with Gasteiger partial charge in [0.25, 0.3) is 5.69 Å². The Labute approximate surface area is 166 Å². The number of carbonyl (C=O) groups excluding carboxylic acids is 2. The van der Waals surface area contributed by atoms with Gasteiger partial charge in [-0.15, -0.1) is 0 Å². The van der Waals surface area contributed by atoms with E-state index in [1.165, 1.54) is 18.2 Å². The molecule has 29 heavy (non-hydrogen) atoms. The van der Waals surface area contributed by atoms with Crippen molar-refractivity contribution in [3.8, 4) is 11.5 Å². The number of non-ortho nitro benzene ring substituents is 1. The normalized spacial score (nSPS) is 27.4. The monoisotopic (exact) mass is 394 g/mol. The number of amides is 2. The molecule has 0 radical (unpaired) electrons. The fourth-order valence-corrected chi connectivity index (χ4v) is 4.64. The molecular formula is C21H18N2O6. The van der Waals surface area contributed by atoms with Gasteiger partial charge in [0.1, 0.15) is 11.5 Å². The predicted octanol–water partition coefficient (Wildman–Crippen LogP) is 3.36. The summed E-state index contributed by atoms with van der Waals surface area (Å²) in [6, 6.07) is 11.3. The summed E-state index contributed by atoms with van der Waals surface area (Å²) < 4.78 is 11.5. The molecule has 0 N–H and O–H groups in total. The molecule has 8 heteroatoms. The highest BCUT2D eigenvalue weighted by atomic mass is 16.6. The highest BCUT2D eigenvalue weighted by Gasteiger charge is 2.62. The van der Waals surface area contributed by atoms with E-state index >= 15 is 0 Å². The maximum Gasteiger partial charge on any atom is 0.275 e. The van der Waals surface area contributed by atoms with Gasteiger partial charge in [-0.3, -0.25) is 19.7 Å². The number of fused-ring (bicyclic) bond motifs is 5. The molecule has 148 valence electrons. The molecule has 2 aromatic rings. The van der Waals surface area contributed by atoms with Gasteiger partial charge >= 0.3 is 0 Å². The highest BCUT2D eigenvalue weighted by molar-refractivity contribution is 6.23. The van der Waals surface area contributed by atoms with Gasteiger partial charge in [-0.25, -0.2) is 4.90 Å². The van der Waals surface area contributed by atoms with Crippen LogP contribution < -0.4 is 9.64 Å². The second-order valence-electron chi connectivity index (χ2n) is 7.71. The van der Waals surface area contributed by atoms with Crippen LogP contribution in [0.2, 0.25) is 0 Å². The van der Waals surface area contributed by atoms with Crippen LogP contribution in [0.15, 0.2) is 42.5 Å². The first-order chi connectivity index (χ1) is 13.9. The first-order valence-electron chi connectivity index (χ1n) is 9.49. The van der Waals surface area contributed by atoms with E-state index in [9.17, 15) is 19.7 Å². The second kappa shape index (κ2) is 6.38. The van der Waals surface area contributed by atoms with E-state index in [4.69, 9.17) is 9.47 Å². The molecule has 3 aliphatic heterocycles. The van der Waals surface area contributed by atoms with Gasteiger partial charge in [0.05, 0.1) is 40.7 Å². The maximum atomic E-state index is 13.0. The van der Waals surface area contributed by atoms with Gasteiger partial charge in [-0.05, 0) is 37.5 Å². The molecule has 8 nitrogen and oxygen atoms in total. The summed E-state index contributed by atoms with van der Waals surface area (Å²) in [6.07, 6.45) is 1.03. The number of aryl methyl sites for hydroxylation is 1. The Kier molecular flexibility index (Phi) is 3.92. The molecule has 0 unspecified atom stereocenters. The highest BCUT2D eigenvalue weighted by Crippen LogP contribution is 2.50. The van der Waals surface area contributed by atoms with E-state index in [0.717, 1.165) is 23.3 Å². The third-order valence-corrected chi connectivity index (χ3v) is 5.85. The van der Waals surface area contributed by atoms with Crippen molar-refractivity contribution in [2.24, 2.45) is 11.8 Å². The predicted molar refractivity (Wildman–Crippen MR) is 102 cm³/mol. The van der Waals surface area contributed by atoms with E-state index in [1.54, 1.807) is 12.1 Å². The molecular weight excluding hydrogens is 376 g/mol. The summed E-state index contributed by atoms with van der Waals surface area (Å²) in [5.74, 6) is -0.998. The Balaban J connectivity index is 1.53. The van der Waals surface area contributed by atoms with Crippen LogP contribution in [0.5, 0.6) is 11.5 Å². The van der Waals surface area contributed by atoms with Crippen molar-refractivity contribution in [2.75, 3.05) is 4.90 Å². The van der Waals surface area contributed by atoms with Crippen LogP contribution in [0.1, 0.15) is 18.4 Å². The standard InChI is InChI=1S/C21H18N2O6/c1-11-3-2-4-14(7-11)28-15-9-12(8-13(10-15)23(26)27)22-20(24)18-16-5-6-17(29-16)19(18)21(22)25/h2-4,7-10,16-19H,5-6H2,1H3/t16-,17-,18-,19-/m0/s1. The minimum atomic E-state index is -0.564. The third-order valence-electron chi connectivity index (χ3n) is 5.85. The van der Waals surface area contributed by atoms with Crippen LogP contribution in [0.3, 0.4) is 0 Å². The summed E-state index contributed by atoms with van der Waals surface area (Å²) >= 11 is 0. The zero-order valence-corrected chi connectivity index (χ0v) is 15.6. The van der Waals surface area contributed by atoms with Crippen LogP contribution >= 0.6 is 0 Å². The van der Waals surface area contributed by atoms with Gasteiger partial charge < -0.3 is 9.47 Å². The molecule has 2 amide bonds. The number of nitro groups is 1. The van der Waals surface area contributed by atoms with Crippen molar-refractivity contribution in [1.82, 2.24) is 0 Å². The second-order valence-corrected chi connectivity index (χ2v) is 7.71. The van der Waals surface area contributed by atoms with Gasteiger partial charge in [0.2, 0.25) is 11.8 Å². The number of hydrogen-bond donors (Lipinski definition) is 0. The molecule has 0 aliphatic carbocycles. The maximum absolute atomic E-state index is 13.0. The fraction of sp³-hybridized carbons (Fsp3) is 0.333. The van der Waals surface area contributed by atoms with E-state index in [-0.39, 0.29) is 41.1 Å². The molecule has 0 saturated carbocycles. The Hall–Kier alpha value is -3.26. The number of rotatable bonds is 4. The van der Waals surface area contributed by atoms with Crippen LogP contribution in [-0.2, 0) is 14.3 Å². The number of hydrogen-bond acceptors (Lipinski definition) is 6. The molecule has 3 aliphatic rings. The topological polar surface area (TPSA) is 99.0 Å². The third kappa shape index (κ3) is 2.79. The largest absolute Gasteiger partial charge is 0.457 e. The number of nitro benzene ring substituents is 1. The SMILES string of the molecule is Cc1cccc(Oc2cc(N3C(=O)[C@@H]4[C@@H](C3=O)[C@@H]3CC[C@@H]4O3)cc([N+](=O)[O-])c2)c1. The number of anilines is 1. The lowest BCUT2D eigenvalue weighted by atomic mass is 9.81. The van der Waals surface area contributed by atoms with E-state index in [0.29, 0.717) is 5.75 Å². The molecule has 0 spiro atoms. The van der Waals surface area contributed by atoms with Crippen molar-refractivity contribution >= 4 is 23.2 Å². The Morgan fingerprint density at radius 2 is 1.72 bits per heavy atom. The number of imide groups is 1. The molecule has 5 rings (SSSR count). The molecule has 2 aromatic carbocycles. The van der Waals surface area contributed by atoms with Gasteiger partial charge in [-0.1, -0.05) is 12.1 Å². The zero-order chi connectivity index (χ0) is 20.3. The first kappa shape index (κ1) is 17.8. The van der Waals surface area contributed by atoms with E-state index < -0.39 is 16.8 Å². The van der Waals surface area contributed by atoms with Gasteiger partial charge in [-0.2, -0.15) is 0 Å². The van der Waals surface area contributed by atoms with E-state index in [2.05, 4.69) is 0 Å². The van der Waals surface area contributed by atoms with Crippen LogP contribution in [0.25, 0.3) is 0 Å². The van der Waals surface area contributed by atoms with Crippen molar-refractivity contribution in [3.63, 3.8) is 0 Å². The zero-order valence-electron chi connectivity index (χ0n) is 15.6. The van der Waals surface area contributed by atoms with Crippen LogP contribution in [-0.4, -0.2) is 28.9 Å². The quantitative estimate of drug-likeness (QED) is 0.448. The average Bonchev–Trinajstić information content (AvgIpc) is 3.35. The lowest BCUT2D eigenvalue weighted by Crippen LogP contribution is -2.34. The lowest BCUT2D eigenvalue weighted by Gasteiger charge is -2.18. The number of carbonyl (C=O) groups is 2. The van der Waals surface area contributed by atoms with Gasteiger partial charge in [0, 0.05) is 12.1 Å². The number of nitrogens with zero attached hydrogens (tertiary/aromatic N) is 2. The summed E-state index contributed by atoms with van der Waals surface area (Å²) in [7, 11) is 0. The van der Waals surface area contributed by atoms with Crippen molar-refractivity contribution in [2.45, 2.75) is 32.0 Å². The van der Waals surface area contributed by atoms with Gasteiger partial charge in [0.15, 0.2) is 0 Å². The molecule has 2 bridgehead atoms. The van der Waals surface area contributed by atoms with Crippen molar-refractivity contribution < 1.29 is 24.0 Å². The van der Waals surface area contributed by atoms with Crippen molar-refractivity contribution in [1.29, 1.82) is 0 Å². The fourth-order valence-electron chi connectivity index (χ4n) is 4.64. The summed E-state index contributed by atoms with van der Waals surface area (Å²) in [6.45, 7) is 1.91. The summed E-state index contributed by atoms with van der Waals surface area (Å²) in [4.78, 5) is 37.9. The smallest absolute Gasteiger partial charge is 0.275 e. The Bertz CT molecular complexity index is 1020. The van der Waals surface area contributed by atoms with E-state index in [1.807, 2.05) is 19.1 Å². The first-order valence-corrected chi connectivity index (χ1v) is 9.49. The minimum absolute atomic E-state index is 0.158. The molecule has 3 saturated heterocycles. The molecule has 0 aromatic heterocycles. The average molecular weight is 394 g/mol. The van der Waals surface area contributed by atoms with Crippen LogP contribution in [0.4, 0.5) is 11.4 Å². The molecule has 3 heterocycles. The summed E-state index contributed by atoms with van der Waals surface area (Å²) in [5, 5.41) is 11.4. The molecule has 4 atom stereocenters. The number of benzene rings is 2. The lowest BCUT2D eigenvalue weighted by molar-refractivity contribution is -0.384. The minimum Gasteiger partial charge on any atom is -0.457 e. The van der Waals surface area contributed by atoms with Crippen LogP contribution in [0, 0.1) is 28.9 Å².